The average Bonchev–Trinajstić information content (AvgIpc) is 2.29. The van der Waals surface area contributed by atoms with Gasteiger partial charge in [-0.2, -0.15) is 0 Å². The Morgan fingerprint density at radius 3 is 2.11 bits per heavy atom. The smallest absolute Gasteiger partial charge is 0.311 e. The monoisotopic (exact) mass is 456 g/mol. The van der Waals surface area contributed by atoms with Gasteiger partial charge in [0.25, 0.3) is 0 Å². The molecule has 1 rings (SSSR count). The van der Waals surface area contributed by atoms with Gasteiger partial charge in [0, 0.05) is 17.3 Å². The zero-order valence-electron chi connectivity index (χ0n) is 9.79. The van der Waals surface area contributed by atoms with Crippen LogP contribution in [0.4, 0.5) is 0 Å². The van der Waals surface area contributed by atoms with Gasteiger partial charge in [0.05, 0.1) is 8.95 Å². The first-order valence-electron chi connectivity index (χ1n) is 5.47. The average molecular weight is 459 g/mol. The van der Waals surface area contributed by atoms with Crippen molar-refractivity contribution in [3.05, 3.63) is 25.6 Å². The molecule has 19 heavy (non-hydrogen) atoms. The van der Waals surface area contributed by atoms with Crippen molar-refractivity contribution in [1.82, 2.24) is 0 Å². The highest BCUT2D eigenvalue weighted by Crippen LogP contribution is 2.36. The number of carbonyl (C=O) groups is 2. The van der Waals surface area contributed by atoms with Gasteiger partial charge in [0.1, 0.15) is 0 Å². The van der Waals surface area contributed by atoms with Crippen LogP contribution >= 0.6 is 47.8 Å². The number of unbranched alkanes of at least 4 members (excludes halogenated alkanes) is 1. The predicted octanol–water partition coefficient (Wildman–Crippen LogP) is 4.52. The van der Waals surface area contributed by atoms with Crippen LogP contribution in [-0.4, -0.2) is 17.0 Å². The third-order valence-electron chi connectivity index (χ3n) is 2.20. The van der Waals surface area contributed by atoms with Crippen LogP contribution in [-0.2, 0) is 9.59 Å². The van der Waals surface area contributed by atoms with Crippen LogP contribution in [0.1, 0.15) is 25.7 Å². The standard InChI is InChI=1S/C12H11Br3O4/c13-7-5-8(14)12(9(15)6-7)19-11(18)4-2-1-3-10(16)17/h5-6H,1-4H2,(H,16,17). The lowest BCUT2D eigenvalue weighted by atomic mass is 10.2. The lowest BCUT2D eigenvalue weighted by Crippen LogP contribution is -2.08. The van der Waals surface area contributed by atoms with Crippen molar-refractivity contribution in [2.75, 3.05) is 0 Å². The lowest BCUT2D eigenvalue weighted by molar-refractivity contribution is -0.138. The van der Waals surface area contributed by atoms with Crippen molar-refractivity contribution in [2.45, 2.75) is 25.7 Å². The lowest BCUT2D eigenvalue weighted by Gasteiger charge is -2.09. The molecule has 0 unspecified atom stereocenters. The molecule has 0 amide bonds. The number of ether oxygens (including phenoxy) is 1. The molecule has 0 saturated heterocycles. The molecule has 4 nitrogen and oxygen atoms in total. The van der Waals surface area contributed by atoms with Gasteiger partial charge in [-0.3, -0.25) is 9.59 Å². The Bertz CT molecular complexity index is 465. The molecule has 0 saturated carbocycles. The van der Waals surface area contributed by atoms with Gasteiger partial charge < -0.3 is 9.84 Å². The number of halogens is 3. The minimum Gasteiger partial charge on any atom is -0.481 e. The van der Waals surface area contributed by atoms with Crippen molar-refractivity contribution in [3.8, 4) is 5.75 Å². The fourth-order valence-electron chi connectivity index (χ4n) is 1.34. The Hall–Kier alpha value is -0.400. The van der Waals surface area contributed by atoms with Crippen molar-refractivity contribution >= 4 is 59.7 Å². The van der Waals surface area contributed by atoms with E-state index < -0.39 is 5.97 Å². The number of hydrogen-bond donors (Lipinski definition) is 1. The first-order valence-corrected chi connectivity index (χ1v) is 7.85. The summed E-state index contributed by atoms with van der Waals surface area (Å²) in [6, 6.07) is 3.55. The number of rotatable bonds is 6. The van der Waals surface area contributed by atoms with Crippen LogP contribution in [0.15, 0.2) is 25.6 Å². The van der Waals surface area contributed by atoms with Crippen LogP contribution in [0.3, 0.4) is 0 Å². The summed E-state index contributed by atoms with van der Waals surface area (Å²) in [5.41, 5.74) is 0. The topological polar surface area (TPSA) is 63.6 Å². The van der Waals surface area contributed by atoms with E-state index in [0.717, 1.165) is 4.47 Å². The van der Waals surface area contributed by atoms with E-state index in [-0.39, 0.29) is 18.8 Å². The summed E-state index contributed by atoms with van der Waals surface area (Å²) in [7, 11) is 0. The number of hydrogen-bond acceptors (Lipinski definition) is 3. The molecule has 1 aromatic carbocycles. The van der Waals surface area contributed by atoms with Gasteiger partial charge in [-0.15, -0.1) is 0 Å². The number of aliphatic carboxylic acids is 1. The molecule has 0 bridgehead atoms. The molecule has 0 spiro atoms. The van der Waals surface area contributed by atoms with E-state index in [4.69, 9.17) is 9.84 Å². The molecule has 0 aliphatic carbocycles. The van der Waals surface area contributed by atoms with Crippen LogP contribution in [0.2, 0.25) is 0 Å². The Morgan fingerprint density at radius 1 is 1.05 bits per heavy atom. The Morgan fingerprint density at radius 2 is 1.58 bits per heavy atom. The quantitative estimate of drug-likeness (QED) is 0.386. The minimum atomic E-state index is -0.855. The molecule has 0 fully saturated rings. The maximum atomic E-state index is 11.6. The largest absolute Gasteiger partial charge is 0.481 e. The van der Waals surface area contributed by atoms with E-state index in [0.29, 0.717) is 27.5 Å². The van der Waals surface area contributed by atoms with E-state index in [1.807, 2.05) is 0 Å². The molecule has 7 heteroatoms. The fourth-order valence-corrected chi connectivity index (χ4v) is 3.76. The second kappa shape index (κ2) is 8.01. The van der Waals surface area contributed by atoms with Crippen molar-refractivity contribution < 1.29 is 19.4 Å². The SMILES string of the molecule is O=C(O)CCCCC(=O)Oc1c(Br)cc(Br)cc1Br. The number of esters is 1. The van der Waals surface area contributed by atoms with Gasteiger partial charge in [-0.1, -0.05) is 15.9 Å². The van der Waals surface area contributed by atoms with Gasteiger partial charge in [-0.25, -0.2) is 0 Å². The molecule has 0 aromatic heterocycles. The molecular weight excluding hydrogens is 448 g/mol. The number of carboxylic acids is 1. The van der Waals surface area contributed by atoms with Crippen LogP contribution in [0.25, 0.3) is 0 Å². The highest BCUT2D eigenvalue weighted by Gasteiger charge is 2.13. The molecule has 0 heterocycles. The van der Waals surface area contributed by atoms with Gasteiger partial charge in [0.15, 0.2) is 5.75 Å². The molecule has 0 atom stereocenters. The third kappa shape index (κ3) is 6.05. The second-order valence-electron chi connectivity index (χ2n) is 3.77. The highest BCUT2D eigenvalue weighted by atomic mass is 79.9. The van der Waals surface area contributed by atoms with E-state index in [1.165, 1.54) is 0 Å². The Kier molecular flexibility index (Phi) is 7.02. The Balaban J connectivity index is 2.51. The van der Waals surface area contributed by atoms with Gasteiger partial charge in [0.2, 0.25) is 0 Å². The van der Waals surface area contributed by atoms with Crippen LogP contribution in [0, 0.1) is 0 Å². The predicted molar refractivity (Wildman–Crippen MR) is 81.3 cm³/mol. The normalized spacial score (nSPS) is 10.3. The molecule has 0 radical (unpaired) electrons. The van der Waals surface area contributed by atoms with E-state index >= 15 is 0 Å². The molecular formula is C12H11Br3O4. The number of carboxylic acid groups (broad SMARTS) is 1. The maximum Gasteiger partial charge on any atom is 0.311 e. The second-order valence-corrected chi connectivity index (χ2v) is 6.40. The zero-order valence-corrected chi connectivity index (χ0v) is 14.5. The van der Waals surface area contributed by atoms with E-state index in [9.17, 15) is 9.59 Å². The fraction of sp³-hybridized carbons (Fsp3) is 0.333. The Labute approximate surface area is 135 Å². The maximum absolute atomic E-state index is 11.6. The van der Waals surface area contributed by atoms with Crippen LogP contribution in [0.5, 0.6) is 5.75 Å². The van der Waals surface area contributed by atoms with Gasteiger partial charge >= 0.3 is 11.9 Å². The first kappa shape index (κ1) is 16.7. The number of carbonyl (C=O) groups excluding carboxylic acids is 1. The number of benzene rings is 1. The first-order chi connectivity index (χ1) is 8.90. The third-order valence-corrected chi connectivity index (χ3v) is 3.84. The molecule has 104 valence electrons. The molecule has 0 aliphatic rings. The summed E-state index contributed by atoms with van der Waals surface area (Å²) >= 11 is 9.95. The van der Waals surface area contributed by atoms with Gasteiger partial charge in [-0.05, 0) is 56.8 Å². The summed E-state index contributed by atoms with van der Waals surface area (Å²) in [5.74, 6) is -0.813. The summed E-state index contributed by atoms with van der Waals surface area (Å²) in [5, 5.41) is 8.48. The van der Waals surface area contributed by atoms with Crippen molar-refractivity contribution in [3.63, 3.8) is 0 Å². The molecule has 1 N–H and O–H groups in total. The van der Waals surface area contributed by atoms with E-state index in [2.05, 4.69) is 47.8 Å². The minimum absolute atomic E-state index is 0.0684. The summed E-state index contributed by atoms with van der Waals surface area (Å²) < 4.78 is 7.41. The highest BCUT2D eigenvalue weighted by molar-refractivity contribution is 9.11. The molecule has 1 aromatic rings. The molecule has 0 aliphatic heterocycles. The zero-order chi connectivity index (χ0) is 14.4. The van der Waals surface area contributed by atoms with Crippen LogP contribution < -0.4 is 4.74 Å². The van der Waals surface area contributed by atoms with E-state index in [1.54, 1.807) is 12.1 Å². The summed E-state index contributed by atoms with van der Waals surface area (Å²) in [6.07, 6.45) is 1.23. The van der Waals surface area contributed by atoms with Crippen molar-refractivity contribution in [2.24, 2.45) is 0 Å². The van der Waals surface area contributed by atoms with Crippen molar-refractivity contribution in [1.29, 1.82) is 0 Å². The summed E-state index contributed by atoms with van der Waals surface area (Å²) in [4.78, 5) is 21.9. The summed E-state index contributed by atoms with van der Waals surface area (Å²) in [6.45, 7) is 0.